The molecule has 1 aromatic heterocycles. The smallest absolute Gasteiger partial charge is 0.298 e. The monoisotopic (exact) mass is 319 g/mol. The quantitative estimate of drug-likeness (QED) is 0.598. The highest BCUT2D eigenvalue weighted by Crippen LogP contribution is 2.38. The number of hydrogen-bond acceptors (Lipinski definition) is 2. The first kappa shape index (κ1) is 16.0. The summed E-state index contributed by atoms with van der Waals surface area (Å²) >= 11 is 0. The lowest BCUT2D eigenvalue weighted by atomic mass is 9.99. The molecule has 0 saturated heterocycles. The summed E-state index contributed by atoms with van der Waals surface area (Å²) in [4.78, 5) is 14.4. The molecule has 0 unspecified atom stereocenters. The van der Waals surface area contributed by atoms with Crippen molar-refractivity contribution in [2.24, 2.45) is 0 Å². The fourth-order valence-electron chi connectivity index (χ4n) is 1.89. The highest BCUT2D eigenvalue weighted by Gasteiger charge is 2.35. The Morgan fingerprint density at radius 1 is 0.955 bits per heavy atom. The molecule has 8 heteroatoms. The molecular weight excluding hydrogens is 312 g/mol. The second-order valence-corrected chi connectivity index (χ2v) is 4.32. The van der Waals surface area contributed by atoms with Crippen molar-refractivity contribution >= 4 is 6.29 Å². The molecule has 0 radical (unpaired) electrons. The van der Waals surface area contributed by atoms with E-state index in [2.05, 4.69) is 4.98 Å². The highest BCUT2D eigenvalue weighted by molar-refractivity contribution is 5.86. The zero-order valence-corrected chi connectivity index (χ0v) is 10.7. The van der Waals surface area contributed by atoms with Crippen LogP contribution in [0.2, 0.25) is 0 Å². The van der Waals surface area contributed by atoms with Crippen molar-refractivity contribution in [3.8, 4) is 11.3 Å². The predicted octanol–water partition coefficient (Wildman–Crippen LogP) is 4.60. The van der Waals surface area contributed by atoms with E-state index in [1.54, 1.807) is 0 Å². The Morgan fingerprint density at radius 2 is 1.59 bits per heavy atom. The third-order valence-corrected chi connectivity index (χ3v) is 2.86. The maximum atomic E-state index is 12.9. The van der Waals surface area contributed by atoms with Crippen molar-refractivity contribution < 1.29 is 31.1 Å². The third kappa shape index (κ3) is 3.10. The number of carbonyl (C=O) groups is 1. The van der Waals surface area contributed by atoms with E-state index in [0.29, 0.717) is 12.3 Å². The minimum Gasteiger partial charge on any atom is -0.298 e. The van der Waals surface area contributed by atoms with Crippen LogP contribution in [0.5, 0.6) is 0 Å². The molecule has 0 aliphatic rings. The van der Waals surface area contributed by atoms with E-state index in [9.17, 15) is 31.1 Å². The van der Waals surface area contributed by atoms with Gasteiger partial charge in [-0.1, -0.05) is 18.2 Å². The number of benzene rings is 1. The van der Waals surface area contributed by atoms with Gasteiger partial charge < -0.3 is 0 Å². The average Bonchev–Trinajstić information content (AvgIpc) is 2.44. The predicted molar refractivity (Wildman–Crippen MR) is 65.1 cm³/mol. The number of carbonyl (C=O) groups excluding carboxylic acids is 1. The molecular formula is C14H7F6NO. The Hall–Kier alpha value is -2.38. The number of halogens is 6. The summed E-state index contributed by atoms with van der Waals surface area (Å²) in [6, 6.07) is 4.70. The number of rotatable bonds is 2. The van der Waals surface area contributed by atoms with Crippen LogP contribution in [0.25, 0.3) is 11.3 Å². The summed E-state index contributed by atoms with van der Waals surface area (Å²) < 4.78 is 76.5. The van der Waals surface area contributed by atoms with E-state index >= 15 is 0 Å². The summed E-state index contributed by atoms with van der Waals surface area (Å²) in [6.45, 7) is 0. The molecule has 0 bridgehead atoms. The molecule has 0 amide bonds. The molecule has 0 spiro atoms. The van der Waals surface area contributed by atoms with E-state index < -0.39 is 40.3 Å². The summed E-state index contributed by atoms with van der Waals surface area (Å²) in [5.41, 5.74) is -3.75. The number of nitrogens with zero attached hydrogens (tertiary/aromatic N) is 1. The van der Waals surface area contributed by atoms with Gasteiger partial charge in [0, 0.05) is 17.3 Å². The van der Waals surface area contributed by atoms with Crippen molar-refractivity contribution in [2.75, 3.05) is 0 Å². The number of pyridine rings is 1. The van der Waals surface area contributed by atoms with Crippen LogP contribution in [-0.4, -0.2) is 11.3 Å². The van der Waals surface area contributed by atoms with Crippen molar-refractivity contribution in [2.45, 2.75) is 12.4 Å². The summed E-state index contributed by atoms with van der Waals surface area (Å²) in [7, 11) is 0. The lowest BCUT2D eigenvalue weighted by Gasteiger charge is -2.14. The van der Waals surface area contributed by atoms with Crippen molar-refractivity contribution in [1.29, 1.82) is 0 Å². The minimum atomic E-state index is -4.74. The lowest BCUT2D eigenvalue weighted by Crippen LogP contribution is -2.10. The Kier molecular flexibility index (Phi) is 3.95. The lowest BCUT2D eigenvalue weighted by molar-refractivity contribution is -0.138. The zero-order chi connectivity index (χ0) is 16.5. The van der Waals surface area contributed by atoms with Crippen molar-refractivity contribution in [3.05, 3.63) is 53.2 Å². The number of hydrogen-bond donors (Lipinski definition) is 0. The molecule has 0 N–H and O–H groups in total. The normalized spacial score (nSPS) is 12.3. The van der Waals surface area contributed by atoms with Crippen LogP contribution >= 0.6 is 0 Å². The average molecular weight is 319 g/mol. The van der Waals surface area contributed by atoms with Gasteiger partial charge in [0.05, 0.1) is 16.8 Å². The maximum Gasteiger partial charge on any atom is 0.417 e. The van der Waals surface area contributed by atoms with Crippen molar-refractivity contribution in [1.82, 2.24) is 4.98 Å². The molecule has 22 heavy (non-hydrogen) atoms. The van der Waals surface area contributed by atoms with Crippen LogP contribution in [-0.2, 0) is 12.4 Å². The number of alkyl halides is 6. The molecule has 116 valence electrons. The molecule has 2 aromatic rings. The maximum absolute atomic E-state index is 12.9. The van der Waals surface area contributed by atoms with Crippen LogP contribution in [0.4, 0.5) is 26.3 Å². The first-order valence-corrected chi connectivity index (χ1v) is 5.83. The van der Waals surface area contributed by atoms with E-state index in [0.717, 1.165) is 18.2 Å². The van der Waals surface area contributed by atoms with Gasteiger partial charge in [-0.3, -0.25) is 9.78 Å². The number of aldehydes is 1. The van der Waals surface area contributed by atoms with E-state index in [1.807, 2.05) is 0 Å². The van der Waals surface area contributed by atoms with Crippen molar-refractivity contribution in [3.63, 3.8) is 0 Å². The van der Waals surface area contributed by atoms with Gasteiger partial charge in [-0.05, 0) is 12.1 Å². The second-order valence-electron chi connectivity index (χ2n) is 4.32. The molecule has 0 fully saturated rings. The number of aromatic nitrogens is 1. The van der Waals surface area contributed by atoms with Gasteiger partial charge in [0.1, 0.15) is 0 Å². The van der Waals surface area contributed by atoms with Gasteiger partial charge in [0.2, 0.25) is 0 Å². The highest BCUT2D eigenvalue weighted by atomic mass is 19.4. The molecule has 0 atom stereocenters. The van der Waals surface area contributed by atoms with Crippen LogP contribution < -0.4 is 0 Å². The molecule has 0 saturated carbocycles. The Labute approximate surface area is 120 Å². The van der Waals surface area contributed by atoms with Gasteiger partial charge in [-0.2, -0.15) is 26.3 Å². The molecule has 1 aromatic carbocycles. The van der Waals surface area contributed by atoms with Crippen LogP contribution in [0.1, 0.15) is 21.5 Å². The van der Waals surface area contributed by atoms with Gasteiger partial charge in [-0.25, -0.2) is 0 Å². The van der Waals surface area contributed by atoms with Gasteiger partial charge in [0.15, 0.2) is 6.29 Å². The van der Waals surface area contributed by atoms with E-state index in [1.165, 1.54) is 6.07 Å². The van der Waals surface area contributed by atoms with E-state index in [4.69, 9.17) is 0 Å². The summed E-state index contributed by atoms with van der Waals surface area (Å²) in [6.07, 6.45) is -9.02. The SMILES string of the molecule is O=Cc1cc(C(F)(F)F)cnc1-c1ccccc1C(F)(F)F. The Balaban J connectivity index is 2.67. The topological polar surface area (TPSA) is 30.0 Å². The Bertz CT molecular complexity index is 705. The first-order chi connectivity index (χ1) is 10.1. The standard InChI is InChI=1S/C14H7F6NO/c15-13(16,17)9-5-8(7-22)12(21-6-9)10-3-1-2-4-11(10)14(18,19)20/h1-7H. The summed E-state index contributed by atoms with van der Waals surface area (Å²) in [5.74, 6) is 0. The fraction of sp³-hybridized carbons (Fsp3) is 0.143. The largest absolute Gasteiger partial charge is 0.417 e. The second kappa shape index (κ2) is 5.43. The van der Waals surface area contributed by atoms with E-state index in [-0.39, 0.29) is 6.29 Å². The van der Waals surface area contributed by atoms with Crippen LogP contribution in [0.3, 0.4) is 0 Å². The molecule has 2 nitrogen and oxygen atoms in total. The molecule has 2 rings (SSSR count). The summed E-state index contributed by atoms with van der Waals surface area (Å²) in [5, 5.41) is 0. The molecule has 0 aliphatic heterocycles. The van der Waals surface area contributed by atoms with Crippen LogP contribution in [0.15, 0.2) is 36.5 Å². The molecule has 0 aliphatic carbocycles. The van der Waals surface area contributed by atoms with Gasteiger partial charge in [0.25, 0.3) is 0 Å². The molecule has 1 heterocycles. The minimum absolute atomic E-state index is 0.0464. The first-order valence-electron chi connectivity index (χ1n) is 5.83. The van der Waals surface area contributed by atoms with Gasteiger partial charge >= 0.3 is 12.4 Å². The Morgan fingerprint density at radius 3 is 2.14 bits per heavy atom. The zero-order valence-electron chi connectivity index (χ0n) is 10.7. The van der Waals surface area contributed by atoms with Gasteiger partial charge in [-0.15, -0.1) is 0 Å². The van der Waals surface area contributed by atoms with Crippen LogP contribution in [0, 0.1) is 0 Å². The fourth-order valence-corrected chi connectivity index (χ4v) is 1.89. The third-order valence-electron chi connectivity index (χ3n) is 2.86.